The van der Waals surface area contributed by atoms with Crippen molar-refractivity contribution in [3.05, 3.63) is 66.0 Å². The van der Waals surface area contributed by atoms with Crippen molar-refractivity contribution in [3.8, 4) is 12.8 Å². The molecule has 4 N–H and O–H groups in total. The van der Waals surface area contributed by atoms with Gasteiger partial charge in [-0.15, -0.1) is 12.8 Å². The van der Waals surface area contributed by atoms with E-state index in [1.807, 2.05) is 22.5 Å². The number of halogens is 1. The topological polar surface area (TPSA) is 108 Å². The lowest BCUT2D eigenvalue weighted by atomic mass is 10.00. The van der Waals surface area contributed by atoms with Gasteiger partial charge in [0.2, 0.25) is 11.8 Å². The van der Waals surface area contributed by atoms with Crippen LogP contribution >= 0.6 is 0 Å². The zero-order valence-corrected chi connectivity index (χ0v) is 26.2. The molecule has 230 valence electrons. The summed E-state index contributed by atoms with van der Waals surface area (Å²) in [5.74, 6) is 0.0712. The van der Waals surface area contributed by atoms with Gasteiger partial charge in [-0.1, -0.05) is 49.7 Å². The van der Waals surface area contributed by atoms with Crippen LogP contribution in [0, 0.1) is 43.3 Å². The van der Waals surface area contributed by atoms with E-state index in [9.17, 15) is 18.2 Å². The van der Waals surface area contributed by atoms with Gasteiger partial charge in [0.25, 0.3) is 0 Å². The van der Waals surface area contributed by atoms with Crippen LogP contribution in [0.4, 0.5) is 10.1 Å². The quantitative estimate of drug-likeness (QED) is 0.357. The number of hydrogen-bond acceptors (Lipinski definition) is 4. The molecule has 2 amide bonds. The van der Waals surface area contributed by atoms with Crippen LogP contribution in [0.25, 0.3) is 0 Å². The lowest BCUT2D eigenvalue weighted by molar-refractivity contribution is -0.128. The van der Waals surface area contributed by atoms with Crippen LogP contribution in [-0.4, -0.2) is 62.4 Å². The first kappa shape index (κ1) is 35.1. The molecule has 2 fully saturated rings. The van der Waals surface area contributed by atoms with Crippen LogP contribution in [0.1, 0.15) is 46.1 Å². The summed E-state index contributed by atoms with van der Waals surface area (Å²) in [5.41, 5.74) is 7.06. The number of terminal acetylenes is 1. The first-order chi connectivity index (χ1) is 19.9. The minimum atomic E-state index is -1.34. The van der Waals surface area contributed by atoms with Crippen molar-refractivity contribution in [1.29, 1.82) is 0 Å². The van der Waals surface area contributed by atoms with Crippen molar-refractivity contribution in [2.45, 2.75) is 59.0 Å². The Kier molecular flexibility index (Phi) is 13.8. The number of amides is 2. The molecule has 1 saturated carbocycles. The van der Waals surface area contributed by atoms with Crippen molar-refractivity contribution in [2.75, 3.05) is 31.5 Å². The van der Waals surface area contributed by atoms with E-state index in [1.165, 1.54) is 36.2 Å². The molecule has 0 radical (unpaired) electrons. The number of aryl methyl sites for hydroxylation is 1. The van der Waals surface area contributed by atoms with Crippen molar-refractivity contribution in [3.63, 3.8) is 0 Å². The summed E-state index contributed by atoms with van der Waals surface area (Å²) in [6, 6.07) is 15.4. The predicted molar refractivity (Wildman–Crippen MR) is 169 cm³/mol. The van der Waals surface area contributed by atoms with E-state index in [0.717, 1.165) is 6.54 Å². The highest BCUT2D eigenvalue weighted by Crippen LogP contribution is 2.39. The van der Waals surface area contributed by atoms with E-state index in [-0.39, 0.29) is 30.1 Å². The Morgan fingerprint density at radius 1 is 1.12 bits per heavy atom. The van der Waals surface area contributed by atoms with E-state index < -0.39 is 22.8 Å². The van der Waals surface area contributed by atoms with Crippen LogP contribution in [0.3, 0.4) is 0 Å². The van der Waals surface area contributed by atoms with E-state index in [0.29, 0.717) is 37.0 Å². The van der Waals surface area contributed by atoms with Gasteiger partial charge < -0.3 is 16.4 Å². The minimum Gasteiger partial charge on any atom is -0.353 e. The number of nitrogens with zero attached hydrogens (tertiary/aromatic N) is 2. The smallest absolute Gasteiger partial charge is 0.241 e. The van der Waals surface area contributed by atoms with Crippen molar-refractivity contribution in [2.24, 2.45) is 23.5 Å². The summed E-state index contributed by atoms with van der Waals surface area (Å²) in [6.07, 6.45) is 9.55. The molecular weight excluding hydrogens is 553 g/mol. The molecule has 5 atom stereocenters. The SMILES string of the molecule is C#C.CC(CC(N)CNC(=O)C(C)(C)N1CCN(CC2CC2C)S1=O)C(=O)Nc1ccc(F)cc1.Cc1ccccc1. The van der Waals surface area contributed by atoms with E-state index >= 15 is 0 Å². The molecule has 0 aromatic heterocycles. The number of hydrogen-bond donors (Lipinski definition) is 3. The fourth-order valence-electron chi connectivity index (χ4n) is 4.57. The zero-order valence-electron chi connectivity index (χ0n) is 25.4. The second-order valence-corrected chi connectivity index (χ2v) is 12.9. The number of carbonyl (C=O) groups is 2. The summed E-state index contributed by atoms with van der Waals surface area (Å²) in [6.45, 7) is 11.9. The standard InChI is InChI=1S/C23H36FN5O3S.C7H8.C2H2/c1-15-11-17(15)14-28-9-10-29(33(28)32)23(3,4)22(31)26-13-19(25)12-16(2)21(30)27-20-7-5-18(24)6-8-20;1-7-5-3-2-4-6-7;1-2/h5-8,15-17,19H,9-14,25H2,1-4H3,(H,26,31)(H,27,30);2-6H,1H3;1-2H. The lowest BCUT2D eigenvalue weighted by Gasteiger charge is -2.33. The molecule has 2 aromatic carbocycles. The first-order valence-electron chi connectivity index (χ1n) is 14.3. The van der Waals surface area contributed by atoms with Crippen molar-refractivity contribution in [1.82, 2.24) is 13.9 Å². The van der Waals surface area contributed by atoms with Crippen molar-refractivity contribution >= 4 is 28.7 Å². The zero-order chi connectivity index (χ0) is 31.4. The highest BCUT2D eigenvalue weighted by Gasteiger charge is 2.45. The summed E-state index contributed by atoms with van der Waals surface area (Å²) in [4.78, 5) is 25.3. The Labute approximate surface area is 253 Å². The number of anilines is 1. The number of nitrogens with two attached hydrogens (primary N) is 1. The molecule has 4 rings (SSSR count). The Hall–Kier alpha value is -3.10. The highest BCUT2D eigenvalue weighted by molar-refractivity contribution is 7.80. The molecule has 0 spiro atoms. The summed E-state index contributed by atoms with van der Waals surface area (Å²) >= 11 is -1.34. The van der Waals surface area contributed by atoms with Crippen LogP contribution in [0.15, 0.2) is 54.6 Å². The third-order valence-electron chi connectivity index (χ3n) is 7.54. The molecule has 1 aliphatic carbocycles. The van der Waals surface area contributed by atoms with Gasteiger partial charge in [0, 0.05) is 43.8 Å². The largest absolute Gasteiger partial charge is 0.353 e. The molecule has 1 heterocycles. The summed E-state index contributed by atoms with van der Waals surface area (Å²) in [5, 5.41) is 5.60. The second-order valence-electron chi connectivity index (χ2n) is 11.5. The van der Waals surface area contributed by atoms with Crippen LogP contribution in [0.5, 0.6) is 0 Å². The Balaban J connectivity index is 0.000000590. The fourth-order valence-corrected chi connectivity index (χ4v) is 6.12. The van der Waals surface area contributed by atoms with Gasteiger partial charge in [0.05, 0.1) is 0 Å². The first-order valence-corrected chi connectivity index (χ1v) is 15.3. The fraction of sp³-hybridized carbons (Fsp3) is 0.500. The monoisotopic (exact) mass is 599 g/mol. The number of carbonyl (C=O) groups excluding carboxylic acids is 2. The normalized spacial score (nSPS) is 21.5. The van der Waals surface area contributed by atoms with E-state index in [2.05, 4.69) is 49.5 Å². The van der Waals surface area contributed by atoms with Gasteiger partial charge >= 0.3 is 0 Å². The van der Waals surface area contributed by atoms with E-state index in [4.69, 9.17) is 5.73 Å². The number of rotatable bonds is 10. The molecule has 2 aromatic rings. The Bertz CT molecular complexity index is 1190. The number of nitrogens with one attached hydrogen (secondary N) is 2. The van der Waals surface area contributed by atoms with Gasteiger partial charge in [-0.25, -0.2) is 12.9 Å². The van der Waals surface area contributed by atoms with Crippen LogP contribution in [-0.2, 0) is 20.8 Å². The third-order valence-corrected chi connectivity index (χ3v) is 9.33. The Morgan fingerprint density at radius 3 is 2.24 bits per heavy atom. The lowest BCUT2D eigenvalue weighted by Crippen LogP contribution is -2.56. The minimum absolute atomic E-state index is 0.209. The molecular formula is C32H46FN5O3S. The van der Waals surface area contributed by atoms with Gasteiger partial charge in [-0.2, -0.15) is 4.31 Å². The van der Waals surface area contributed by atoms with Gasteiger partial charge in [-0.3, -0.25) is 9.59 Å². The molecule has 1 saturated heterocycles. The van der Waals surface area contributed by atoms with Gasteiger partial charge in [0.15, 0.2) is 11.2 Å². The van der Waals surface area contributed by atoms with Crippen LogP contribution < -0.4 is 16.4 Å². The summed E-state index contributed by atoms with van der Waals surface area (Å²) < 4.78 is 29.6. The van der Waals surface area contributed by atoms with Gasteiger partial charge in [-0.05, 0) is 69.7 Å². The third kappa shape index (κ3) is 10.6. The maximum Gasteiger partial charge on any atom is 0.241 e. The molecule has 0 bridgehead atoms. The summed E-state index contributed by atoms with van der Waals surface area (Å²) in [7, 11) is 0. The molecule has 8 nitrogen and oxygen atoms in total. The predicted octanol–water partition coefficient (Wildman–Crippen LogP) is 4.11. The van der Waals surface area contributed by atoms with E-state index in [1.54, 1.807) is 25.1 Å². The molecule has 10 heteroatoms. The number of benzene rings is 2. The maximum atomic E-state index is 13.0. The second kappa shape index (κ2) is 16.5. The van der Waals surface area contributed by atoms with Crippen molar-refractivity contribution < 1.29 is 18.2 Å². The molecule has 2 aliphatic rings. The molecule has 42 heavy (non-hydrogen) atoms. The molecule has 5 unspecified atom stereocenters. The highest BCUT2D eigenvalue weighted by atomic mass is 32.2. The average Bonchev–Trinajstić information content (AvgIpc) is 3.54. The molecule has 1 aliphatic heterocycles. The van der Waals surface area contributed by atoms with Gasteiger partial charge in [0.1, 0.15) is 11.4 Å². The Morgan fingerprint density at radius 2 is 1.71 bits per heavy atom. The van der Waals surface area contributed by atoms with Crippen LogP contribution in [0.2, 0.25) is 0 Å². The average molecular weight is 600 g/mol. The maximum absolute atomic E-state index is 13.0.